The van der Waals surface area contributed by atoms with Gasteiger partial charge in [0.15, 0.2) is 5.11 Å². The second-order valence-electron chi connectivity index (χ2n) is 4.89. The van der Waals surface area contributed by atoms with Crippen molar-refractivity contribution < 1.29 is 0 Å². The number of hydrogen-bond acceptors (Lipinski definition) is 2. The molecule has 3 N–H and O–H groups in total. The highest BCUT2D eigenvalue weighted by Crippen LogP contribution is 2.15. The zero-order chi connectivity index (χ0) is 14.5. The first-order chi connectivity index (χ1) is 9.54. The fourth-order valence-corrected chi connectivity index (χ4v) is 1.96. The van der Waals surface area contributed by atoms with Crippen LogP contribution in [0, 0.1) is 20.8 Å². The third-order valence-corrected chi connectivity index (χ3v) is 3.22. The number of benzene rings is 2. The Morgan fingerprint density at radius 2 is 1.55 bits per heavy atom. The van der Waals surface area contributed by atoms with Crippen molar-refractivity contribution in [1.29, 1.82) is 0 Å². The molecule has 0 aliphatic carbocycles. The van der Waals surface area contributed by atoms with E-state index in [1.807, 2.05) is 24.3 Å². The van der Waals surface area contributed by atoms with Crippen LogP contribution in [0.1, 0.15) is 16.7 Å². The van der Waals surface area contributed by atoms with E-state index in [1.54, 1.807) is 0 Å². The predicted molar refractivity (Wildman–Crippen MR) is 90.1 cm³/mol. The third kappa shape index (κ3) is 3.96. The van der Waals surface area contributed by atoms with Crippen LogP contribution in [0.3, 0.4) is 0 Å². The minimum absolute atomic E-state index is 0.537. The van der Waals surface area contributed by atoms with E-state index in [4.69, 9.17) is 12.2 Å². The van der Waals surface area contributed by atoms with Crippen molar-refractivity contribution in [1.82, 2.24) is 5.43 Å². The zero-order valence-corrected chi connectivity index (χ0v) is 12.8. The van der Waals surface area contributed by atoms with Gasteiger partial charge in [-0.3, -0.25) is 10.9 Å². The molecule has 0 bridgehead atoms. The van der Waals surface area contributed by atoms with Gasteiger partial charge in [0.2, 0.25) is 0 Å². The van der Waals surface area contributed by atoms with Crippen molar-refractivity contribution in [2.24, 2.45) is 0 Å². The Bertz CT molecular complexity index is 606. The van der Waals surface area contributed by atoms with Gasteiger partial charge in [0.1, 0.15) is 0 Å². The molecule has 2 aromatic rings. The lowest BCUT2D eigenvalue weighted by molar-refractivity contribution is 1.12. The van der Waals surface area contributed by atoms with Gasteiger partial charge in [-0.1, -0.05) is 29.8 Å². The topological polar surface area (TPSA) is 36.1 Å². The number of aryl methyl sites for hydroxylation is 3. The van der Waals surface area contributed by atoms with Crippen molar-refractivity contribution in [3.05, 3.63) is 59.2 Å². The molecule has 20 heavy (non-hydrogen) atoms. The molecule has 0 spiro atoms. The lowest BCUT2D eigenvalue weighted by Crippen LogP contribution is -2.33. The molecule has 2 rings (SSSR count). The second-order valence-corrected chi connectivity index (χ2v) is 5.30. The van der Waals surface area contributed by atoms with E-state index in [-0.39, 0.29) is 0 Å². The van der Waals surface area contributed by atoms with Crippen LogP contribution in [0.5, 0.6) is 0 Å². The fraction of sp³-hybridized carbons (Fsp3) is 0.188. The molecular formula is C16H19N3S. The summed E-state index contributed by atoms with van der Waals surface area (Å²) in [7, 11) is 0. The van der Waals surface area contributed by atoms with Gasteiger partial charge in [0.05, 0.1) is 5.69 Å². The Morgan fingerprint density at radius 1 is 0.900 bits per heavy atom. The van der Waals surface area contributed by atoms with Crippen molar-refractivity contribution in [3.8, 4) is 0 Å². The Hall–Kier alpha value is -2.07. The van der Waals surface area contributed by atoms with E-state index in [0.717, 1.165) is 11.4 Å². The first-order valence-electron chi connectivity index (χ1n) is 6.51. The highest BCUT2D eigenvalue weighted by atomic mass is 32.1. The van der Waals surface area contributed by atoms with Crippen LogP contribution in [-0.4, -0.2) is 5.11 Å². The monoisotopic (exact) mass is 285 g/mol. The van der Waals surface area contributed by atoms with Gasteiger partial charge >= 0.3 is 0 Å². The van der Waals surface area contributed by atoms with Gasteiger partial charge in [-0.05, 0) is 62.3 Å². The molecule has 0 fully saturated rings. The molecule has 0 saturated heterocycles. The minimum Gasteiger partial charge on any atom is -0.331 e. The maximum atomic E-state index is 5.26. The number of thiocarbonyl (C=S) groups is 1. The standard InChI is InChI=1S/C16H19N3S/c1-11-5-8-14(9-6-11)17-16(20)19-18-15-10-12(2)4-7-13(15)3/h4-10,18H,1-3H3,(H2,17,19,20). The van der Waals surface area contributed by atoms with Crippen molar-refractivity contribution in [2.45, 2.75) is 20.8 Å². The van der Waals surface area contributed by atoms with Gasteiger partial charge in [0, 0.05) is 5.69 Å². The number of hydrogen-bond donors (Lipinski definition) is 3. The van der Waals surface area contributed by atoms with E-state index in [1.165, 1.54) is 16.7 Å². The largest absolute Gasteiger partial charge is 0.331 e. The number of hydrazine groups is 1. The van der Waals surface area contributed by atoms with E-state index in [2.05, 4.69) is 55.1 Å². The summed E-state index contributed by atoms with van der Waals surface area (Å²) in [5.41, 5.74) is 11.7. The van der Waals surface area contributed by atoms with Gasteiger partial charge in [-0.2, -0.15) is 0 Å². The summed E-state index contributed by atoms with van der Waals surface area (Å²) in [5.74, 6) is 0. The Kier molecular flexibility index (Phi) is 4.58. The smallest absolute Gasteiger partial charge is 0.189 e. The van der Waals surface area contributed by atoms with E-state index < -0.39 is 0 Å². The first-order valence-corrected chi connectivity index (χ1v) is 6.92. The molecule has 0 atom stereocenters. The lowest BCUT2D eigenvalue weighted by atomic mass is 10.1. The molecule has 0 saturated carbocycles. The molecule has 104 valence electrons. The average molecular weight is 285 g/mol. The predicted octanol–water partition coefficient (Wildman–Crippen LogP) is 3.93. The maximum absolute atomic E-state index is 5.26. The molecule has 0 unspecified atom stereocenters. The number of rotatable bonds is 3. The van der Waals surface area contributed by atoms with E-state index >= 15 is 0 Å². The highest BCUT2D eigenvalue weighted by Gasteiger charge is 2.00. The van der Waals surface area contributed by atoms with Gasteiger partial charge < -0.3 is 5.32 Å². The normalized spacial score (nSPS) is 9.95. The molecule has 0 amide bonds. The Labute approximate surface area is 125 Å². The average Bonchev–Trinajstić information content (AvgIpc) is 2.42. The van der Waals surface area contributed by atoms with Crippen molar-refractivity contribution in [3.63, 3.8) is 0 Å². The lowest BCUT2D eigenvalue weighted by Gasteiger charge is -2.14. The van der Waals surface area contributed by atoms with Crippen LogP contribution < -0.4 is 16.2 Å². The molecule has 0 heterocycles. The fourth-order valence-electron chi connectivity index (χ4n) is 1.79. The van der Waals surface area contributed by atoms with Gasteiger partial charge in [0.25, 0.3) is 0 Å². The van der Waals surface area contributed by atoms with Crippen LogP contribution >= 0.6 is 12.2 Å². The summed E-state index contributed by atoms with van der Waals surface area (Å²) in [6.45, 7) is 6.18. The van der Waals surface area contributed by atoms with Crippen LogP contribution in [0.2, 0.25) is 0 Å². The summed E-state index contributed by atoms with van der Waals surface area (Å²) >= 11 is 5.26. The quantitative estimate of drug-likeness (QED) is 0.590. The van der Waals surface area contributed by atoms with Crippen molar-refractivity contribution >= 4 is 28.7 Å². The van der Waals surface area contributed by atoms with Crippen molar-refractivity contribution in [2.75, 3.05) is 10.7 Å². The maximum Gasteiger partial charge on any atom is 0.189 e. The molecule has 3 nitrogen and oxygen atoms in total. The summed E-state index contributed by atoms with van der Waals surface area (Å²) < 4.78 is 0. The SMILES string of the molecule is Cc1ccc(NC(=S)NNc2cc(C)ccc2C)cc1. The van der Waals surface area contributed by atoms with Crippen LogP contribution in [0.25, 0.3) is 0 Å². The molecule has 0 aromatic heterocycles. The molecule has 0 radical (unpaired) electrons. The first kappa shape index (κ1) is 14.3. The van der Waals surface area contributed by atoms with Crippen LogP contribution in [0.4, 0.5) is 11.4 Å². The van der Waals surface area contributed by atoms with Crippen LogP contribution in [-0.2, 0) is 0 Å². The summed E-state index contributed by atoms with van der Waals surface area (Å²) in [4.78, 5) is 0. The number of anilines is 2. The summed E-state index contributed by atoms with van der Waals surface area (Å²) in [6, 6.07) is 14.3. The Morgan fingerprint density at radius 3 is 2.25 bits per heavy atom. The molecule has 4 heteroatoms. The third-order valence-electron chi connectivity index (χ3n) is 3.01. The zero-order valence-electron chi connectivity index (χ0n) is 11.9. The van der Waals surface area contributed by atoms with Gasteiger partial charge in [-0.25, -0.2) is 0 Å². The molecule has 0 aliphatic heterocycles. The molecule has 2 aromatic carbocycles. The van der Waals surface area contributed by atoms with Crippen LogP contribution in [0.15, 0.2) is 42.5 Å². The second kappa shape index (κ2) is 6.39. The minimum atomic E-state index is 0.537. The molecule has 0 aliphatic rings. The van der Waals surface area contributed by atoms with E-state index in [9.17, 15) is 0 Å². The Balaban J connectivity index is 1.92. The summed E-state index contributed by atoms with van der Waals surface area (Å²) in [5, 5.41) is 3.67. The number of nitrogens with one attached hydrogen (secondary N) is 3. The summed E-state index contributed by atoms with van der Waals surface area (Å²) in [6.07, 6.45) is 0. The molecular weight excluding hydrogens is 266 g/mol. The van der Waals surface area contributed by atoms with E-state index in [0.29, 0.717) is 5.11 Å². The van der Waals surface area contributed by atoms with Gasteiger partial charge in [-0.15, -0.1) is 0 Å². The highest BCUT2D eigenvalue weighted by molar-refractivity contribution is 7.80.